The Morgan fingerprint density at radius 3 is 1.13 bits per heavy atom. The number of nitrogens with one attached hydrogen (secondary N) is 1. The molecule has 13 aromatic rings. The topological polar surface area (TPSA) is 203 Å². The first kappa shape index (κ1) is 89.4. The second-order valence-corrected chi connectivity index (χ2v) is 25.9. The molecule has 0 spiro atoms. The molecule has 4 N–H and O–H groups in total. The van der Waals surface area contributed by atoms with Crippen molar-refractivity contribution in [3.8, 4) is 17.2 Å². The molecule has 16 rings (SSSR count). The number of aliphatic hydroxyl groups excluding tert-OH is 2. The maximum absolute atomic E-state index is 10.3. The van der Waals surface area contributed by atoms with Crippen molar-refractivity contribution in [1.82, 2.24) is 67.8 Å². The maximum Gasteiger partial charge on any atom is 0.134 e. The number of aromatic nitrogens is 10. The lowest BCUT2D eigenvalue weighted by Gasteiger charge is -2.35. The number of piperazine rings is 2. The number of hydrogen-bond acceptors (Lipinski definition) is 15. The van der Waals surface area contributed by atoms with Crippen LogP contribution in [-0.4, -0.2) is 169 Å². The molecule has 0 saturated carbocycles. The van der Waals surface area contributed by atoms with Crippen LogP contribution in [0.3, 0.4) is 0 Å². The average molecular weight is 1550 g/mol. The van der Waals surface area contributed by atoms with Gasteiger partial charge in [-0.25, -0.2) is 24.9 Å². The molecule has 3 fully saturated rings. The molecule has 0 aliphatic carbocycles. The number of para-hydroxylation sites is 3. The van der Waals surface area contributed by atoms with Crippen LogP contribution < -0.4 is 14.8 Å². The SMILES string of the molecule is CC.CC.CC.ClCc1nccn1Cc1ccccc1.OC(COc1ccccc1)CN1CCN(Cc2nccn2Cc2ccccc2)CC1.OCc1nccn1Cc1ccccc1.Oc1ccccc1.c1ccc(Cn2ccnc2)cc1.c1ccc(Cn2ccnc2CN2CCNCC2)cc1.c1ccc(OCC2CO2)cc1. The van der Waals surface area contributed by atoms with E-state index in [9.17, 15) is 5.11 Å². The average Bonchev–Trinajstić information content (AvgIpc) is 1.77. The smallest absolute Gasteiger partial charge is 0.134 e. The lowest BCUT2D eigenvalue weighted by atomic mass is 10.2. The van der Waals surface area contributed by atoms with Crippen molar-refractivity contribution in [3.05, 3.63) is 362 Å². The number of rotatable bonds is 24. The van der Waals surface area contributed by atoms with Gasteiger partial charge in [-0.15, -0.1) is 11.6 Å². The van der Waals surface area contributed by atoms with Gasteiger partial charge in [-0.1, -0.05) is 248 Å². The Morgan fingerprint density at radius 2 is 0.761 bits per heavy atom. The van der Waals surface area contributed by atoms with Gasteiger partial charge in [0.05, 0.1) is 31.9 Å². The zero-order valence-corrected chi connectivity index (χ0v) is 67.5. The lowest BCUT2D eigenvalue weighted by molar-refractivity contribution is 0.0440. The number of hydrogen-bond donors (Lipinski definition) is 4. The van der Waals surface area contributed by atoms with E-state index in [0.29, 0.717) is 43.3 Å². The van der Waals surface area contributed by atoms with Gasteiger partial charge in [0.2, 0.25) is 0 Å². The van der Waals surface area contributed by atoms with Crippen LogP contribution in [0.25, 0.3) is 0 Å². The molecule has 3 aliphatic heterocycles. The summed E-state index contributed by atoms with van der Waals surface area (Å²) in [6, 6.07) is 79.9. The van der Waals surface area contributed by atoms with Gasteiger partial charge >= 0.3 is 0 Å². The molecule has 598 valence electrons. The van der Waals surface area contributed by atoms with Crippen molar-refractivity contribution in [3.63, 3.8) is 0 Å². The van der Waals surface area contributed by atoms with Crippen molar-refractivity contribution in [2.24, 2.45) is 0 Å². The Morgan fingerprint density at radius 1 is 0.416 bits per heavy atom. The molecule has 0 bridgehead atoms. The first-order valence-corrected chi connectivity index (χ1v) is 39.9. The Balaban J connectivity index is 0.000000188. The van der Waals surface area contributed by atoms with Crippen molar-refractivity contribution in [2.45, 2.75) is 112 Å². The third kappa shape index (κ3) is 35.6. The minimum absolute atomic E-state index is 0.0141. The molecule has 8 heterocycles. The monoisotopic (exact) mass is 1550 g/mol. The van der Waals surface area contributed by atoms with E-state index in [1.165, 1.54) is 27.8 Å². The summed E-state index contributed by atoms with van der Waals surface area (Å²) in [5.74, 6) is 6.37. The van der Waals surface area contributed by atoms with Crippen molar-refractivity contribution in [1.29, 1.82) is 0 Å². The Kier molecular flexibility index (Phi) is 43.4. The minimum atomic E-state index is -0.485. The normalized spacial score (nSPS) is 13.5. The van der Waals surface area contributed by atoms with Gasteiger partial charge in [0.1, 0.15) is 72.6 Å². The quantitative estimate of drug-likeness (QED) is 0.0328. The van der Waals surface area contributed by atoms with Gasteiger partial charge < -0.3 is 57.7 Å². The molecule has 0 amide bonds. The largest absolute Gasteiger partial charge is 0.508 e. The predicted molar refractivity (Wildman–Crippen MR) is 456 cm³/mol. The number of imidazole rings is 5. The summed E-state index contributed by atoms with van der Waals surface area (Å²) >= 11 is 5.76. The molecule has 2 atom stereocenters. The number of benzene rings is 8. The first-order chi connectivity index (χ1) is 55.8. The molecule has 5 aromatic heterocycles. The van der Waals surface area contributed by atoms with E-state index in [2.05, 4.69) is 167 Å². The number of nitrogens with zero attached hydrogens (tertiary/aromatic N) is 13. The van der Waals surface area contributed by atoms with Gasteiger partial charge in [0, 0.05) is 154 Å². The van der Waals surface area contributed by atoms with Crippen LogP contribution in [0.2, 0.25) is 0 Å². The molecule has 3 aliphatic rings. The predicted octanol–water partition coefficient (Wildman–Crippen LogP) is 15.8. The lowest BCUT2D eigenvalue weighted by Crippen LogP contribution is -2.49. The van der Waals surface area contributed by atoms with E-state index in [-0.39, 0.29) is 6.61 Å². The second kappa shape index (κ2) is 54.8. The summed E-state index contributed by atoms with van der Waals surface area (Å²) in [5.41, 5.74) is 6.38. The van der Waals surface area contributed by atoms with Gasteiger partial charge in [0.25, 0.3) is 0 Å². The molecular formula is C92H117ClN14O6. The molecule has 21 heteroatoms. The molecule has 3 saturated heterocycles. The minimum Gasteiger partial charge on any atom is -0.508 e. The Bertz CT molecular complexity index is 4300. The van der Waals surface area contributed by atoms with Crippen molar-refractivity contribution >= 4 is 11.6 Å². The highest BCUT2D eigenvalue weighted by Crippen LogP contribution is 2.17. The summed E-state index contributed by atoms with van der Waals surface area (Å²) in [7, 11) is 0. The van der Waals surface area contributed by atoms with Gasteiger partial charge in [-0.05, 0) is 64.2 Å². The van der Waals surface area contributed by atoms with Crippen LogP contribution in [0.1, 0.15) is 92.7 Å². The fourth-order valence-electron chi connectivity index (χ4n) is 11.6. The standard InChI is InChI=1S/C24H30N4O2.C15H20N4.C11H11ClN2.C11H12N2O.C10H10N2.C9H10O2.C6H6O.3C2H6/c29-22(20-30-23-9-5-2-6-10-23)18-26-13-15-27(16-14-26)19-24-25-11-12-28(24)17-21-7-3-1-4-8-21;1-2-4-14(5-3-1)12-19-11-8-17-15(19)13-18-9-6-16-7-10-18;12-8-11-13-6-7-14(11)9-10-4-2-1-3-5-10;14-9-11-12-6-7-13(11)8-10-4-2-1-3-5-10;1-2-4-10(5-3-1)8-12-7-6-11-9-12;1-2-4-8(5-3-1)10-6-9-7-11-9;7-6-4-2-1-3-5-6;3*1-2/h1-12,22,29H,13-20H2;1-5,8,11,16H,6-7,9-10,12-13H2;1-7H,8-9H2;1-7,14H,8-9H2;1-7,9H,8H2;1-5,9H,6-7H2;1-5,7H;3*1-2H3. The number of aromatic hydroxyl groups is 1. The highest BCUT2D eigenvalue weighted by Gasteiger charge is 2.23. The Hall–Kier alpha value is -10.8. The summed E-state index contributed by atoms with van der Waals surface area (Å²) in [6.07, 6.45) is 20.7. The van der Waals surface area contributed by atoms with Gasteiger partial charge in [-0.3, -0.25) is 14.7 Å². The number of aliphatic hydroxyl groups is 2. The van der Waals surface area contributed by atoms with Gasteiger partial charge in [0.15, 0.2) is 0 Å². The highest BCUT2D eigenvalue weighted by atomic mass is 35.5. The number of epoxide rings is 1. The van der Waals surface area contributed by atoms with Crippen LogP contribution in [0.4, 0.5) is 0 Å². The van der Waals surface area contributed by atoms with Crippen LogP contribution in [-0.2, 0) is 63.0 Å². The molecule has 20 nitrogen and oxygen atoms in total. The molecule has 8 aromatic carbocycles. The molecule has 0 radical (unpaired) electrons. The molecule has 113 heavy (non-hydrogen) atoms. The Labute approximate surface area is 675 Å². The number of halogens is 1. The van der Waals surface area contributed by atoms with E-state index in [0.717, 1.165) is 134 Å². The summed E-state index contributed by atoms with van der Waals surface area (Å²) < 4.78 is 26.6. The second-order valence-electron chi connectivity index (χ2n) is 25.6. The number of ether oxygens (including phenoxy) is 3. The highest BCUT2D eigenvalue weighted by molar-refractivity contribution is 6.16. The maximum atomic E-state index is 10.3. The van der Waals surface area contributed by atoms with E-state index in [1.54, 1.807) is 42.9 Å². The van der Waals surface area contributed by atoms with E-state index in [1.807, 2.05) is 211 Å². The van der Waals surface area contributed by atoms with Gasteiger partial charge in [-0.2, -0.15) is 0 Å². The number of phenolic OH excluding ortho intramolecular Hbond substituents is 1. The zero-order chi connectivity index (χ0) is 80.0. The zero-order valence-electron chi connectivity index (χ0n) is 66.7. The third-order valence-corrected chi connectivity index (χ3v) is 17.7. The van der Waals surface area contributed by atoms with Crippen LogP contribution in [0.15, 0.2) is 311 Å². The van der Waals surface area contributed by atoms with Crippen LogP contribution in [0, 0.1) is 0 Å². The van der Waals surface area contributed by atoms with Crippen LogP contribution in [0.5, 0.6) is 17.2 Å². The fourth-order valence-corrected chi connectivity index (χ4v) is 11.8. The molecule has 2 unspecified atom stereocenters. The fraction of sp³-hybridized carbons (Fsp3) is 0.315. The van der Waals surface area contributed by atoms with Crippen molar-refractivity contribution < 1.29 is 29.5 Å². The number of phenols is 1. The number of β-amino-alcohol motifs (C(OH)–C–C–N with tert-alkyl or cyclic N) is 1. The summed E-state index contributed by atoms with van der Waals surface area (Å²) in [4.78, 5) is 28.5. The van der Waals surface area contributed by atoms with E-state index < -0.39 is 6.10 Å². The third-order valence-electron chi connectivity index (χ3n) is 17.4. The van der Waals surface area contributed by atoms with Crippen molar-refractivity contribution in [2.75, 3.05) is 78.7 Å². The van der Waals surface area contributed by atoms with E-state index in [4.69, 9.17) is 36.0 Å². The summed E-state index contributed by atoms with van der Waals surface area (Å²) in [6.45, 7) is 28.8. The van der Waals surface area contributed by atoms with E-state index >= 15 is 0 Å². The first-order valence-electron chi connectivity index (χ1n) is 39.4. The number of alkyl halides is 1. The van der Waals surface area contributed by atoms with Crippen LogP contribution >= 0.6 is 11.6 Å². The summed E-state index contributed by atoms with van der Waals surface area (Å²) in [5, 5.41) is 31.3. The molecular weight excluding hydrogens is 1430 g/mol.